The second kappa shape index (κ2) is 7.08. The summed E-state index contributed by atoms with van der Waals surface area (Å²) in [4.78, 5) is 0.273. The zero-order valence-corrected chi connectivity index (χ0v) is 15.6. The predicted octanol–water partition coefficient (Wildman–Crippen LogP) is 3.26. The standard InChI is InChI=1S/C19H22ClNO3S/c1-2-24-13-19(12-21)17(14-6-4-3-5-7-14)18(19)25(22,23)16-10-8-15(20)9-11-16/h3-11,17-18H,2,12-13,21H2,1H3/t17-,18+,19-/m1/s1. The van der Waals surface area contributed by atoms with Gasteiger partial charge in [-0.2, -0.15) is 0 Å². The summed E-state index contributed by atoms with van der Waals surface area (Å²) < 4.78 is 32.2. The maximum Gasteiger partial charge on any atom is 0.182 e. The molecule has 0 saturated heterocycles. The first-order valence-corrected chi connectivity index (χ1v) is 10.2. The number of hydrogen-bond acceptors (Lipinski definition) is 4. The molecule has 3 rings (SSSR count). The minimum Gasteiger partial charge on any atom is -0.381 e. The lowest BCUT2D eigenvalue weighted by molar-refractivity contribution is 0.101. The molecule has 0 aliphatic heterocycles. The smallest absolute Gasteiger partial charge is 0.182 e. The van der Waals surface area contributed by atoms with Crippen LogP contribution >= 0.6 is 11.6 Å². The van der Waals surface area contributed by atoms with Gasteiger partial charge in [0, 0.05) is 29.5 Å². The van der Waals surface area contributed by atoms with Crippen molar-refractivity contribution in [1.29, 1.82) is 0 Å². The first kappa shape index (κ1) is 18.4. The average Bonchev–Trinajstić information content (AvgIpc) is 3.31. The van der Waals surface area contributed by atoms with Crippen LogP contribution in [-0.4, -0.2) is 33.4 Å². The molecule has 0 bridgehead atoms. The zero-order valence-electron chi connectivity index (χ0n) is 14.1. The molecule has 4 nitrogen and oxygen atoms in total. The van der Waals surface area contributed by atoms with Gasteiger partial charge in [-0.05, 0) is 36.8 Å². The molecule has 134 valence electrons. The van der Waals surface area contributed by atoms with Crippen LogP contribution in [0.3, 0.4) is 0 Å². The fraction of sp³-hybridized carbons (Fsp3) is 0.368. The summed E-state index contributed by atoms with van der Waals surface area (Å²) in [7, 11) is -3.55. The van der Waals surface area contributed by atoms with Crippen LogP contribution in [0.1, 0.15) is 18.4 Å². The van der Waals surface area contributed by atoms with Crippen LogP contribution < -0.4 is 5.73 Å². The molecule has 2 aromatic rings. The molecule has 6 heteroatoms. The van der Waals surface area contributed by atoms with Gasteiger partial charge in [-0.3, -0.25) is 0 Å². The van der Waals surface area contributed by atoms with Gasteiger partial charge >= 0.3 is 0 Å². The minimum absolute atomic E-state index is 0.175. The van der Waals surface area contributed by atoms with Gasteiger partial charge in [-0.1, -0.05) is 41.9 Å². The molecule has 1 aliphatic carbocycles. The Morgan fingerprint density at radius 1 is 1.12 bits per heavy atom. The van der Waals surface area contributed by atoms with Crippen LogP contribution in [0, 0.1) is 5.41 Å². The summed E-state index contributed by atoms with van der Waals surface area (Å²) in [6.45, 7) is 3.00. The summed E-state index contributed by atoms with van der Waals surface area (Å²) in [5, 5.41) is -0.0890. The minimum atomic E-state index is -3.55. The van der Waals surface area contributed by atoms with Gasteiger partial charge in [-0.15, -0.1) is 0 Å². The lowest BCUT2D eigenvalue weighted by Gasteiger charge is -2.16. The fourth-order valence-corrected chi connectivity index (χ4v) is 6.22. The Kier molecular flexibility index (Phi) is 5.21. The Hall–Kier alpha value is -1.40. The van der Waals surface area contributed by atoms with Crippen molar-refractivity contribution in [2.75, 3.05) is 19.8 Å². The number of benzene rings is 2. The van der Waals surface area contributed by atoms with Crippen LogP contribution in [0.5, 0.6) is 0 Å². The van der Waals surface area contributed by atoms with Gasteiger partial charge in [-0.25, -0.2) is 8.42 Å². The van der Waals surface area contributed by atoms with Gasteiger partial charge in [0.15, 0.2) is 9.84 Å². The van der Waals surface area contributed by atoms with Crippen LogP contribution in [0.25, 0.3) is 0 Å². The van der Waals surface area contributed by atoms with Crippen molar-refractivity contribution >= 4 is 21.4 Å². The van der Waals surface area contributed by atoms with Gasteiger partial charge in [0.05, 0.1) is 16.8 Å². The van der Waals surface area contributed by atoms with Crippen molar-refractivity contribution in [2.24, 2.45) is 11.1 Å². The normalized spacial score (nSPS) is 25.7. The number of rotatable bonds is 7. The monoisotopic (exact) mass is 379 g/mol. The SMILES string of the molecule is CCOC[C@]1(CN)[C@H](c2ccccc2)[C@@H]1S(=O)(=O)c1ccc(Cl)cc1. The van der Waals surface area contributed by atoms with E-state index in [-0.39, 0.29) is 17.4 Å². The second-order valence-corrected chi connectivity index (χ2v) is 8.89. The molecule has 0 amide bonds. The first-order valence-electron chi connectivity index (χ1n) is 8.29. The highest BCUT2D eigenvalue weighted by molar-refractivity contribution is 7.92. The molecule has 25 heavy (non-hydrogen) atoms. The Bertz CT molecular complexity index is 824. The molecule has 1 saturated carbocycles. The topological polar surface area (TPSA) is 69.4 Å². The zero-order chi connectivity index (χ0) is 18.1. The Morgan fingerprint density at radius 3 is 2.32 bits per heavy atom. The van der Waals surface area contributed by atoms with E-state index in [2.05, 4.69) is 0 Å². The highest BCUT2D eigenvalue weighted by Crippen LogP contribution is 2.63. The molecule has 2 N–H and O–H groups in total. The fourth-order valence-electron chi connectivity index (χ4n) is 3.65. The van der Waals surface area contributed by atoms with Crippen LogP contribution in [-0.2, 0) is 14.6 Å². The third kappa shape index (κ3) is 3.22. The molecule has 0 unspecified atom stereocenters. The molecule has 2 aromatic carbocycles. The third-order valence-electron chi connectivity index (χ3n) is 4.97. The molecule has 0 aromatic heterocycles. The predicted molar refractivity (Wildman–Crippen MR) is 99.6 cm³/mol. The Morgan fingerprint density at radius 2 is 1.76 bits per heavy atom. The van der Waals surface area contributed by atoms with E-state index in [1.54, 1.807) is 24.3 Å². The van der Waals surface area contributed by atoms with E-state index in [0.717, 1.165) is 5.56 Å². The Labute approximate surface area is 153 Å². The summed E-state index contributed by atoms with van der Waals surface area (Å²) in [6, 6.07) is 16.0. The summed E-state index contributed by atoms with van der Waals surface area (Å²) in [6.07, 6.45) is 0. The van der Waals surface area contributed by atoms with E-state index in [0.29, 0.717) is 18.2 Å². The molecule has 1 aliphatic rings. The van der Waals surface area contributed by atoms with Crippen molar-refractivity contribution in [3.05, 3.63) is 65.2 Å². The largest absolute Gasteiger partial charge is 0.381 e. The molecule has 0 spiro atoms. The highest BCUT2D eigenvalue weighted by Gasteiger charge is 2.70. The molecular weight excluding hydrogens is 358 g/mol. The van der Waals surface area contributed by atoms with Crippen LogP contribution in [0.4, 0.5) is 0 Å². The van der Waals surface area contributed by atoms with Gasteiger partial charge in [0.2, 0.25) is 0 Å². The first-order chi connectivity index (χ1) is 12.0. The van der Waals surface area contributed by atoms with E-state index >= 15 is 0 Å². The lowest BCUT2D eigenvalue weighted by atomic mass is 10.0. The number of sulfone groups is 1. The number of hydrogen-bond donors (Lipinski definition) is 1. The summed E-state index contributed by atoms with van der Waals surface area (Å²) in [5.41, 5.74) is 6.44. The number of nitrogens with two attached hydrogens (primary N) is 1. The lowest BCUT2D eigenvalue weighted by Crippen LogP contribution is -2.29. The van der Waals surface area contributed by atoms with Crippen molar-refractivity contribution in [1.82, 2.24) is 0 Å². The quantitative estimate of drug-likeness (QED) is 0.801. The molecule has 1 fully saturated rings. The second-order valence-electron chi connectivity index (χ2n) is 6.38. The average molecular weight is 380 g/mol. The third-order valence-corrected chi connectivity index (χ3v) is 7.56. The van der Waals surface area contributed by atoms with Gasteiger partial charge in [0.25, 0.3) is 0 Å². The molecular formula is C19H22ClNO3S. The van der Waals surface area contributed by atoms with Gasteiger partial charge < -0.3 is 10.5 Å². The summed E-state index contributed by atoms with van der Waals surface area (Å²) >= 11 is 5.90. The van der Waals surface area contributed by atoms with E-state index in [4.69, 9.17) is 22.1 Å². The van der Waals surface area contributed by atoms with E-state index in [1.165, 1.54) is 0 Å². The van der Waals surface area contributed by atoms with Crippen molar-refractivity contribution in [3.8, 4) is 0 Å². The summed E-state index contributed by atoms with van der Waals surface area (Å²) in [5.74, 6) is -0.175. The van der Waals surface area contributed by atoms with Gasteiger partial charge in [0.1, 0.15) is 0 Å². The van der Waals surface area contributed by atoms with E-state index in [1.807, 2.05) is 37.3 Å². The maximum atomic E-state index is 13.3. The number of halogens is 1. The number of ether oxygens (including phenoxy) is 1. The van der Waals surface area contributed by atoms with Crippen molar-refractivity contribution < 1.29 is 13.2 Å². The Balaban J connectivity index is 2.03. The van der Waals surface area contributed by atoms with Crippen LogP contribution in [0.2, 0.25) is 5.02 Å². The van der Waals surface area contributed by atoms with Crippen molar-refractivity contribution in [2.45, 2.75) is 23.0 Å². The molecule has 0 radical (unpaired) electrons. The van der Waals surface area contributed by atoms with Crippen molar-refractivity contribution in [3.63, 3.8) is 0 Å². The molecule has 3 atom stereocenters. The van der Waals surface area contributed by atoms with E-state index < -0.39 is 20.5 Å². The van der Waals surface area contributed by atoms with Crippen LogP contribution in [0.15, 0.2) is 59.5 Å². The highest BCUT2D eigenvalue weighted by atomic mass is 35.5. The maximum absolute atomic E-state index is 13.3. The molecule has 0 heterocycles. The van der Waals surface area contributed by atoms with E-state index in [9.17, 15) is 8.42 Å².